The van der Waals surface area contributed by atoms with Crippen molar-refractivity contribution in [2.45, 2.75) is 25.0 Å². The fourth-order valence-electron chi connectivity index (χ4n) is 1.61. The average molecular weight is 166 g/mol. The van der Waals surface area contributed by atoms with Crippen molar-refractivity contribution in [1.82, 2.24) is 0 Å². The molecule has 0 saturated carbocycles. The highest BCUT2D eigenvalue weighted by molar-refractivity contribution is 4.98. The Balaban J connectivity index is 2.01. The minimum atomic E-state index is 0.278. The molecule has 0 unspecified atom stereocenters. The summed E-state index contributed by atoms with van der Waals surface area (Å²) >= 11 is 0. The molecule has 1 aliphatic carbocycles. The minimum absolute atomic E-state index is 0.278. The zero-order valence-corrected chi connectivity index (χ0v) is 7.11. The Hall–Kier alpha value is -0.600. The highest BCUT2D eigenvalue weighted by Gasteiger charge is 2.23. The number of ether oxygens (including phenoxy) is 2. The molecule has 0 fully saturated rings. The van der Waals surface area contributed by atoms with Crippen molar-refractivity contribution in [3.05, 3.63) is 24.3 Å². The van der Waals surface area contributed by atoms with Crippen LogP contribution >= 0.6 is 0 Å². The summed E-state index contributed by atoms with van der Waals surface area (Å²) in [6.07, 6.45) is 11.0. The van der Waals surface area contributed by atoms with E-state index in [1.54, 1.807) is 0 Å². The van der Waals surface area contributed by atoms with Gasteiger partial charge in [-0.05, 0) is 12.8 Å². The van der Waals surface area contributed by atoms with Gasteiger partial charge >= 0.3 is 0 Å². The van der Waals surface area contributed by atoms with Crippen LogP contribution in [-0.2, 0) is 9.47 Å². The maximum absolute atomic E-state index is 5.62. The van der Waals surface area contributed by atoms with Crippen LogP contribution in [0, 0.1) is 0 Å². The van der Waals surface area contributed by atoms with Gasteiger partial charge in [-0.3, -0.25) is 0 Å². The van der Waals surface area contributed by atoms with Crippen LogP contribution < -0.4 is 0 Å². The van der Waals surface area contributed by atoms with Crippen molar-refractivity contribution in [1.29, 1.82) is 0 Å². The molecule has 2 atom stereocenters. The van der Waals surface area contributed by atoms with E-state index in [4.69, 9.17) is 9.47 Å². The Morgan fingerprint density at radius 1 is 0.750 bits per heavy atom. The van der Waals surface area contributed by atoms with Crippen molar-refractivity contribution >= 4 is 0 Å². The highest BCUT2D eigenvalue weighted by atomic mass is 16.5. The van der Waals surface area contributed by atoms with Crippen LogP contribution in [0.2, 0.25) is 0 Å². The molecule has 0 aromatic rings. The quantitative estimate of drug-likeness (QED) is 0.510. The lowest BCUT2D eigenvalue weighted by Crippen LogP contribution is -2.34. The predicted octanol–water partition coefficient (Wildman–Crippen LogP) is 1.68. The molecule has 2 heteroatoms. The summed E-state index contributed by atoms with van der Waals surface area (Å²) in [5, 5.41) is 0. The van der Waals surface area contributed by atoms with Crippen LogP contribution in [0.1, 0.15) is 12.8 Å². The smallest absolute Gasteiger partial charge is 0.0878 e. The molecule has 0 N–H and O–H groups in total. The van der Waals surface area contributed by atoms with Crippen LogP contribution in [0.5, 0.6) is 0 Å². The van der Waals surface area contributed by atoms with E-state index in [2.05, 4.69) is 12.2 Å². The van der Waals surface area contributed by atoms with Crippen LogP contribution in [0.4, 0.5) is 0 Å². The molecular weight excluding hydrogens is 152 g/mol. The van der Waals surface area contributed by atoms with Gasteiger partial charge in [0.05, 0.1) is 25.4 Å². The third-order valence-electron chi connectivity index (χ3n) is 2.30. The first-order valence-electron chi connectivity index (χ1n) is 4.50. The number of fused-ring (bicyclic) bond motifs is 1. The topological polar surface area (TPSA) is 18.5 Å². The third kappa shape index (κ3) is 1.76. The third-order valence-corrected chi connectivity index (χ3v) is 2.30. The van der Waals surface area contributed by atoms with Gasteiger partial charge in [-0.1, -0.05) is 24.3 Å². The second-order valence-electron chi connectivity index (χ2n) is 3.16. The van der Waals surface area contributed by atoms with E-state index < -0.39 is 0 Å². The van der Waals surface area contributed by atoms with Gasteiger partial charge in [-0.15, -0.1) is 0 Å². The molecule has 0 amide bonds. The molecule has 0 aromatic carbocycles. The molecule has 0 aromatic heterocycles. The zero-order chi connectivity index (χ0) is 8.23. The first-order valence-corrected chi connectivity index (χ1v) is 4.50. The average Bonchev–Trinajstić information content (AvgIpc) is 2.06. The van der Waals surface area contributed by atoms with E-state index in [-0.39, 0.29) is 12.2 Å². The highest BCUT2D eigenvalue weighted by Crippen LogP contribution is 2.19. The molecule has 1 aliphatic heterocycles. The van der Waals surface area contributed by atoms with Gasteiger partial charge in [-0.2, -0.15) is 0 Å². The number of hydrogen-bond acceptors (Lipinski definition) is 2. The van der Waals surface area contributed by atoms with Crippen LogP contribution in [-0.4, -0.2) is 25.4 Å². The molecular formula is C10H14O2. The minimum Gasteiger partial charge on any atom is -0.371 e. The van der Waals surface area contributed by atoms with Crippen molar-refractivity contribution < 1.29 is 9.47 Å². The SMILES string of the molecule is C1=CC[C@H]2OC/C=C\CO[C@H]2C1. The van der Waals surface area contributed by atoms with Crippen LogP contribution in [0.15, 0.2) is 24.3 Å². The number of hydrogen-bond donors (Lipinski definition) is 0. The first-order chi connectivity index (χ1) is 5.97. The van der Waals surface area contributed by atoms with Crippen molar-refractivity contribution in [2.75, 3.05) is 13.2 Å². The first kappa shape index (κ1) is 8.02. The summed E-state index contributed by atoms with van der Waals surface area (Å²) in [5.41, 5.74) is 0. The van der Waals surface area contributed by atoms with Gasteiger partial charge in [-0.25, -0.2) is 0 Å². The molecule has 2 rings (SSSR count). The van der Waals surface area contributed by atoms with Gasteiger partial charge < -0.3 is 9.47 Å². The van der Waals surface area contributed by atoms with Gasteiger partial charge in [0.2, 0.25) is 0 Å². The second kappa shape index (κ2) is 3.87. The molecule has 2 nitrogen and oxygen atoms in total. The van der Waals surface area contributed by atoms with E-state index in [9.17, 15) is 0 Å². The Morgan fingerprint density at radius 3 is 1.75 bits per heavy atom. The molecule has 0 radical (unpaired) electrons. The largest absolute Gasteiger partial charge is 0.371 e. The maximum atomic E-state index is 5.62. The molecule has 2 aliphatic rings. The molecule has 12 heavy (non-hydrogen) atoms. The Bertz CT molecular complexity index is 174. The Kier molecular flexibility index (Phi) is 2.59. The normalized spacial score (nSPS) is 38.0. The summed E-state index contributed by atoms with van der Waals surface area (Å²) in [6.45, 7) is 1.47. The van der Waals surface area contributed by atoms with Gasteiger partial charge in [0.25, 0.3) is 0 Å². The van der Waals surface area contributed by atoms with E-state index in [1.807, 2.05) is 12.2 Å². The fraction of sp³-hybridized carbons (Fsp3) is 0.600. The summed E-state index contributed by atoms with van der Waals surface area (Å²) in [5.74, 6) is 0. The lowest BCUT2D eigenvalue weighted by molar-refractivity contribution is -0.0631. The zero-order valence-electron chi connectivity index (χ0n) is 7.11. The van der Waals surface area contributed by atoms with Crippen LogP contribution in [0.3, 0.4) is 0 Å². The standard InChI is InChI=1S/C10H14O2/c1-2-6-10-9(5-1)11-7-3-4-8-12-10/h1-4,9-10H,5-8H2/b4-3-/t9-,10+. The summed E-state index contributed by atoms with van der Waals surface area (Å²) in [7, 11) is 0. The summed E-state index contributed by atoms with van der Waals surface area (Å²) < 4.78 is 11.2. The Labute approximate surface area is 72.9 Å². The van der Waals surface area contributed by atoms with Crippen molar-refractivity contribution in [2.24, 2.45) is 0 Å². The maximum Gasteiger partial charge on any atom is 0.0878 e. The van der Waals surface area contributed by atoms with Crippen LogP contribution in [0.25, 0.3) is 0 Å². The van der Waals surface area contributed by atoms with Crippen molar-refractivity contribution in [3.8, 4) is 0 Å². The summed E-state index contributed by atoms with van der Waals surface area (Å²) in [6, 6.07) is 0. The van der Waals surface area contributed by atoms with Crippen molar-refractivity contribution in [3.63, 3.8) is 0 Å². The van der Waals surface area contributed by atoms with E-state index >= 15 is 0 Å². The monoisotopic (exact) mass is 166 g/mol. The summed E-state index contributed by atoms with van der Waals surface area (Å²) in [4.78, 5) is 0. The lowest BCUT2D eigenvalue weighted by atomic mass is 10.0. The lowest BCUT2D eigenvalue weighted by Gasteiger charge is -2.29. The predicted molar refractivity (Wildman–Crippen MR) is 47.0 cm³/mol. The van der Waals surface area contributed by atoms with Gasteiger partial charge in [0.15, 0.2) is 0 Å². The van der Waals surface area contributed by atoms with Gasteiger partial charge in [0.1, 0.15) is 0 Å². The molecule has 1 heterocycles. The van der Waals surface area contributed by atoms with E-state index in [1.165, 1.54) is 0 Å². The molecule has 0 saturated heterocycles. The molecule has 66 valence electrons. The van der Waals surface area contributed by atoms with Gasteiger partial charge in [0, 0.05) is 0 Å². The molecule has 0 spiro atoms. The number of rotatable bonds is 0. The molecule has 0 bridgehead atoms. The van der Waals surface area contributed by atoms with E-state index in [0.717, 1.165) is 26.1 Å². The van der Waals surface area contributed by atoms with E-state index in [0.29, 0.717) is 0 Å². The Morgan fingerprint density at radius 2 is 1.25 bits per heavy atom. The fourth-order valence-corrected chi connectivity index (χ4v) is 1.61. The second-order valence-corrected chi connectivity index (χ2v) is 3.16.